The first-order chi connectivity index (χ1) is 15.5. The number of aromatic nitrogens is 1. The molecule has 0 spiro atoms. The second-order valence-corrected chi connectivity index (χ2v) is 9.54. The summed E-state index contributed by atoms with van der Waals surface area (Å²) in [6.45, 7) is 2.28. The van der Waals surface area contributed by atoms with Gasteiger partial charge in [-0.3, -0.25) is 14.9 Å². The lowest BCUT2D eigenvalue weighted by Gasteiger charge is -2.30. The van der Waals surface area contributed by atoms with E-state index in [1.54, 1.807) is 23.5 Å². The second-order valence-electron chi connectivity index (χ2n) is 7.42. The maximum absolute atomic E-state index is 13.0. The van der Waals surface area contributed by atoms with Crippen LogP contribution in [0.25, 0.3) is 10.6 Å². The van der Waals surface area contributed by atoms with Gasteiger partial charge in [0.1, 0.15) is 16.3 Å². The van der Waals surface area contributed by atoms with Gasteiger partial charge in [0.15, 0.2) is 0 Å². The SMILES string of the molecule is Cc1nc(-c2ccccc2)sc1C1CC(=O)NC(SCC(=O)NCc2ccc(F)cc2)N1. The Balaban J connectivity index is 1.33. The van der Waals surface area contributed by atoms with E-state index < -0.39 is 0 Å². The van der Waals surface area contributed by atoms with Crippen molar-refractivity contribution in [1.29, 1.82) is 0 Å². The molecule has 2 aromatic carbocycles. The van der Waals surface area contributed by atoms with Crippen LogP contribution >= 0.6 is 23.1 Å². The molecule has 0 saturated carbocycles. The van der Waals surface area contributed by atoms with Crippen LogP contribution < -0.4 is 16.0 Å². The molecule has 1 aliphatic rings. The Kier molecular flexibility index (Phi) is 7.19. The smallest absolute Gasteiger partial charge is 0.230 e. The van der Waals surface area contributed by atoms with Crippen molar-refractivity contribution in [1.82, 2.24) is 20.9 Å². The van der Waals surface area contributed by atoms with Crippen molar-refractivity contribution in [2.45, 2.75) is 31.4 Å². The molecule has 0 bridgehead atoms. The van der Waals surface area contributed by atoms with Gasteiger partial charge in [0.25, 0.3) is 0 Å². The van der Waals surface area contributed by atoms with Gasteiger partial charge < -0.3 is 10.6 Å². The highest BCUT2D eigenvalue weighted by Crippen LogP contribution is 2.34. The molecule has 2 amide bonds. The average molecular weight is 471 g/mol. The molecule has 1 aromatic heterocycles. The molecule has 166 valence electrons. The molecule has 32 heavy (non-hydrogen) atoms. The number of thiazole rings is 1. The van der Waals surface area contributed by atoms with E-state index >= 15 is 0 Å². The van der Waals surface area contributed by atoms with Crippen LogP contribution in [0.5, 0.6) is 0 Å². The number of hydrogen-bond acceptors (Lipinski definition) is 6. The van der Waals surface area contributed by atoms with Crippen LogP contribution in [-0.4, -0.2) is 28.0 Å². The van der Waals surface area contributed by atoms with Gasteiger partial charge in [0.2, 0.25) is 11.8 Å². The number of halogens is 1. The number of aryl methyl sites for hydroxylation is 1. The summed E-state index contributed by atoms with van der Waals surface area (Å²) in [5, 5.41) is 10.0. The van der Waals surface area contributed by atoms with Crippen molar-refractivity contribution in [3.8, 4) is 10.6 Å². The second kappa shape index (κ2) is 10.2. The first-order valence-electron chi connectivity index (χ1n) is 10.2. The highest BCUT2D eigenvalue weighted by Gasteiger charge is 2.30. The molecule has 2 unspecified atom stereocenters. The van der Waals surface area contributed by atoms with Crippen molar-refractivity contribution in [2.24, 2.45) is 0 Å². The molecule has 2 atom stereocenters. The van der Waals surface area contributed by atoms with E-state index in [-0.39, 0.29) is 34.9 Å². The number of nitrogens with zero attached hydrogens (tertiary/aromatic N) is 1. The summed E-state index contributed by atoms with van der Waals surface area (Å²) < 4.78 is 13.0. The highest BCUT2D eigenvalue weighted by atomic mass is 32.2. The third-order valence-corrected chi connectivity index (χ3v) is 7.32. The molecule has 1 fully saturated rings. The molecule has 4 rings (SSSR count). The number of thioether (sulfide) groups is 1. The van der Waals surface area contributed by atoms with Gasteiger partial charge in [0, 0.05) is 23.4 Å². The minimum absolute atomic E-state index is 0.0629. The predicted molar refractivity (Wildman–Crippen MR) is 125 cm³/mol. The van der Waals surface area contributed by atoms with Gasteiger partial charge in [-0.25, -0.2) is 9.37 Å². The lowest BCUT2D eigenvalue weighted by molar-refractivity contribution is -0.123. The summed E-state index contributed by atoms with van der Waals surface area (Å²) in [5.41, 5.74) is 2.40. The topological polar surface area (TPSA) is 83.1 Å². The number of nitrogens with one attached hydrogen (secondary N) is 3. The maximum atomic E-state index is 13.0. The molecular weight excluding hydrogens is 447 g/mol. The summed E-state index contributed by atoms with van der Waals surface area (Å²) in [7, 11) is 0. The summed E-state index contributed by atoms with van der Waals surface area (Å²) >= 11 is 2.91. The average Bonchev–Trinajstić information content (AvgIpc) is 3.19. The van der Waals surface area contributed by atoms with Crippen LogP contribution in [0.3, 0.4) is 0 Å². The van der Waals surface area contributed by atoms with E-state index in [0.29, 0.717) is 13.0 Å². The Morgan fingerprint density at radius 2 is 1.97 bits per heavy atom. The number of carbonyl (C=O) groups is 2. The molecule has 3 aromatic rings. The van der Waals surface area contributed by atoms with Crippen LogP contribution in [0.4, 0.5) is 4.39 Å². The standard InChI is InChI=1S/C23H23FN4O2S2/c1-14-21(32-22(26-14)16-5-3-2-4-6-16)18-11-19(29)28-23(27-18)31-13-20(30)25-12-15-7-9-17(24)10-8-15/h2-10,18,23,27H,11-13H2,1H3,(H,25,30)(H,28,29). The molecular formula is C23H23FN4O2S2. The summed E-state index contributed by atoms with van der Waals surface area (Å²) in [5.74, 6) is -0.343. The van der Waals surface area contributed by atoms with Gasteiger partial charge in [-0.05, 0) is 24.6 Å². The zero-order valence-corrected chi connectivity index (χ0v) is 19.1. The maximum Gasteiger partial charge on any atom is 0.230 e. The van der Waals surface area contributed by atoms with Crippen LogP contribution in [-0.2, 0) is 16.1 Å². The van der Waals surface area contributed by atoms with E-state index in [2.05, 4.69) is 16.0 Å². The molecule has 2 heterocycles. The zero-order valence-electron chi connectivity index (χ0n) is 17.4. The van der Waals surface area contributed by atoms with E-state index in [1.807, 2.05) is 37.3 Å². The quantitative estimate of drug-likeness (QED) is 0.490. The monoisotopic (exact) mass is 470 g/mol. The van der Waals surface area contributed by atoms with Crippen LogP contribution in [0.15, 0.2) is 54.6 Å². The Hall–Kier alpha value is -2.75. The largest absolute Gasteiger partial charge is 0.351 e. The van der Waals surface area contributed by atoms with Crippen molar-refractivity contribution in [2.75, 3.05) is 5.75 Å². The van der Waals surface area contributed by atoms with E-state index in [1.165, 1.54) is 23.9 Å². The zero-order chi connectivity index (χ0) is 22.5. The van der Waals surface area contributed by atoms with Crippen molar-refractivity contribution in [3.05, 3.63) is 76.5 Å². The van der Waals surface area contributed by atoms with E-state index in [9.17, 15) is 14.0 Å². The normalized spacial score (nSPS) is 18.2. The van der Waals surface area contributed by atoms with Crippen LogP contribution in [0.1, 0.15) is 28.6 Å². The van der Waals surface area contributed by atoms with Gasteiger partial charge in [-0.2, -0.15) is 0 Å². The Bertz CT molecular complexity index is 1090. The highest BCUT2D eigenvalue weighted by molar-refractivity contribution is 8.00. The van der Waals surface area contributed by atoms with Gasteiger partial charge >= 0.3 is 0 Å². The molecule has 3 N–H and O–H groups in total. The fourth-order valence-corrected chi connectivity index (χ4v) is 5.41. The third kappa shape index (κ3) is 5.73. The lowest BCUT2D eigenvalue weighted by atomic mass is 10.1. The molecule has 1 saturated heterocycles. The van der Waals surface area contributed by atoms with E-state index in [0.717, 1.165) is 26.7 Å². The lowest BCUT2D eigenvalue weighted by Crippen LogP contribution is -2.51. The molecule has 9 heteroatoms. The molecule has 0 aliphatic carbocycles. The molecule has 0 radical (unpaired) electrons. The minimum Gasteiger partial charge on any atom is -0.351 e. The minimum atomic E-state index is -0.375. The Morgan fingerprint density at radius 1 is 1.22 bits per heavy atom. The van der Waals surface area contributed by atoms with E-state index in [4.69, 9.17) is 4.98 Å². The number of benzene rings is 2. The summed E-state index contributed by atoms with van der Waals surface area (Å²) in [4.78, 5) is 30.3. The summed E-state index contributed by atoms with van der Waals surface area (Å²) in [6.07, 6.45) is 0.324. The third-order valence-electron chi connectivity index (χ3n) is 4.99. The Labute approximate surface area is 194 Å². The Morgan fingerprint density at radius 3 is 2.72 bits per heavy atom. The fraction of sp³-hybridized carbons (Fsp3) is 0.261. The fourth-order valence-electron chi connectivity index (χ4n) is 3.38. The van der Waals surface area contributed by atoms with Crippen molar-refractivity contribution in [3.63, 3.8) is 0 Å². The van der Waals surface area contributed by atoms with Crippen LogP contribution in [0.2, 0.25) is 0 Å². The van der Waals surface area contributed by atoms with Crippen molar-refractivity contribution >= 4 is 34.9 Å². The van der Waals surface area contributed by atoms with Gasteiger partial charge in [0.05, 0.1) is 17.5 Å². The first-order valence-corrected chi connectivity index (χ1v) is 12.1. The molecule has 1 aliphatic heterocycles. The first kappa shape index (κ1) is 22.4. The summed E-state index contributed by atoms with van der Waals surface area (Å²) in [6, 6.07) is 15.8. The van der Waals surface area contributed by atoms with Crippen molar-refractivity contribution < 1.29 is 14.0 Å². The van der Waals surface area contributed by atoms with Gasteiger partial charge in [-0.1, -0.05) is 42.5 Å². The van der Waals surface area contributed by atoms with Gasteiger partial charge in [-0.15, -0.1) is 23.1 Å². The number of carbonyl (C=O) groups excluding carboxylic acids is 2. The number of amides is 2. The number of rotatable bonds is 7. The molecule has 6 nitrogen and oxygen atoms in total. The predicted octanol–water partition coefficient (Wildman–Crippen LogP) is 3.74. The van der Waals surface area contributed by atoms with Crippen LogP contribution in [0, 0.1) is 12.7 Å². The number of hydrogen-bond donors (Lipinski definition) is 3.